The van der Waals surface area contributed by atoms with Gasteiger partial charge in [0.2, 0.25) is 11.9 Å². The number of carbonyl (C=O) groups excluding carboxylic acids is 2. The van der Waals surface area contributed by atoms with Crippen molar-refractivity contribution in [1.29, 1.82) is 0 Å². The molecule has 0 unspecified atom stereocenters. The number of hydrogen-bond acceptors (Lipinski definition) is 6. The van der Waals surface area contributed by atoms with Gasteiger partial charge in [-0.15, -0.1) is 0 Å². The highest BCUT2D eigenvalue weighted by atomic mass is 19.4. The van der Waals surface area contributed by atoms with E-state index in [1.807, 2.05) is 7.05 Å². The first-order valence-electron chi connectivity index (χ1n) is 17.1. The van der Waals surface area contributed by atoms with Gasteiger partial charge in [0.05, 0.1) is 11.3 Å². The average Bonchev–Trinajstić information content (AvgIpc) is 3.71. The Morgan fingerprint density at radius 1 is 0.957 bits per heavy atom. The number of carbonyl (C=O) groups is 2. The maximum absolute atomic E-state index is 14.0. The van der Waals surface area contributed by atoms with Crippen LogP contribution in [0.2, 0.25) is 0 Å². The van der Waals surface area contributed by atoms with Crippen LogP contribution in [0.4, 0.5) is 24.8 Å². The third-order valence-corrected chi connectivity index (χ3v) is 11.2. The van der Waals surface area contributed by atoms with Crippen molar-refractivity contribution in [2.45, 2.75) is 95.3 Å². The predicted octanol–water partition coefficient (Wildman–Crippen LogP) is 6.45. The Balaban J connectivity index is 1.09. The molecule has 250 valence electrons. The van der Waals surface area contributed by atoms with E-state index in [1.165, 1.54) is 25.7 Å². The highest BCUT2D eigenvalue weighted by molar-refractivity contribution is 5.94. The lowest BCUT2D eigenvalue weighted by atomic mass is 9.71. The lowest BCUT2D eigenvalue weighted by molar-refractivity contribution is -0.138. The maximum Gasteiger partial charge on any atom is 0.419 e. The van der Waals surface area contributed by atoms with Crippen molar-refractivity contribution in [3.8, 4) is 0 Å². The monoisotopic (exact) mass is 640 g/mol. The van der Waals surface area contributed by atoms with Gasteiger partial charge in [-0.2, -0.15) is 13.2 Å². The van der Waals surface area contributed by atoms with E-state index in [9.17, 15) is 22.8 Å². The smallest absolute Gasteiger partial charge is 0.353 e. The van der Waals surface area contributed by atoms with E-state index in [0.717, 1.165) is 57.3 Å². The average molecular weight is 641 g/mol. The van der Waals surface area contributed by atoms with Gasteiger partial charge in [0.25, 0.3) is 5.91 Å². The first kappa shape index (κ1) is 32.7. The van der Waals surface area contributed by atoms with Crippen LogP contribution < -0.4 is 10.6 Å². The highest BCUT2D eigenvalue weighted by Gasteiger charge is 2.41. The maximum atomic E-state index is 14.0. The normalized spacial score (nSPS) is 26.1. The lowest BCUT2D eigenvalue weighted by Gasteiger charge is -2.40. The molecule has 0 radical (unpaired) electrons. The number of nitrogens with zero attached hydrogens (tertiary/aromatic N) is 4. The number of amides is 2. The molecule has 2 amide bonds. The van der Waals surface area contributed by atoms with Gasteiger partial charge in [-0.3, -0.25) is 9.59 Å². The summed E-state index contributed by atoms with van der Waals surface area (Å²) in [6.07, 6.45) is 7.62. The van der Waals surface area contributed by atoms with Crippen LogP contribution in [0.3, 0.4) is 0 Å². The fourth-order valence-electron chi connectivity index (χ4n) is 8.22. The molecular weight excluding hydrogens is 593 g/mol. The minimum atomic E-state index is -4.60. The molecule has 2 aromatic rings. The molecule has 46 heavy (non-hydrogen) atoms. The molecule has 2 N–H and O–H groups in total. The van der Waals surface area contributed by atoms with Gasteiger partial charge in [-0.05, 0) is 107 Å². The largest absolute Gasteiger partial charge is 0.419 e. The van der Waals surface area contributed by atoms with Gasteiger partial charge in [-0.1, -0.05) is 32.1 Å². The molecule has 2 heterocycles. The van der Waals surface area contributed by atoms with Crippen LogP contribution in [-0.4, -0.2) is 70.9 Å². The first-order valence-corrected chi connectivity index (χ1v) is 17.1. The summed E-state index contributed by atoms with van der Waals surface area (Å²) in [4.78, 5) is 38.7. The Hall–Kier alpha value is -3.21. The highest BCUT2D eigenvalue weighted by Crippen LogP contribution is 2.43. The van der Waals surface area contributed by atoms with Gasteiger partial charge < -0.3 is 20.4 Å². The number of piperidine rings is 1. The second-order valence-corrected chi connectivity index (χ2v) is 14.2. The van der Waals surface area contributed by atoms with Gasteiger partial charge in [-0.25, -0.2) is 9.97 Å². The molecule has 1 saturated heterocycles. The molecule has 3 aliphatic carbocycles. The fourth-order valence-corrected chi connectivity index (χ4v) is 8.22. The zero-order chi connectivity index (χ0) is 32.4. The van der Waals surface area contributed by atoms with Crippen LogP contribution in [0.25, 0.3) is 0 Å². The zero-order valence-electron chi connectivity index (χ0n) is 27.0. The van der Waals surface area contributed by atoms with E-state index < -0.39 is 11.7 Å². The Morgan fingerprint density at radius 3 is 2.33 bits per heavy atom. The summed E-state index contributed by atoms with van der Waals surface area (Å²) in [6, 6.07) is 7.23. The van der Waals surface area contributed by atoms with Crippen LogP contribution in [0, 0.1) is 23.7 Å². The quantitative estimate of drug-likeness (QED) is 0.328. The van der Waals surface area contributed by atoms with E-state index in [4.69, 9.17) is 0 Å². The van der Waals surface area contributed by atoms with Crippen molar-refractivity contribution in [3.05, 3.63) is 47.3 Å². The van der Waals surface area contributed by atoms with Crippen molar-refractivity contribution in [3.63, 3.8) is 0 Å². The molecule has 0 bridgehead atoms. The van der Waals surface area contributed by atoms with Crippen molar-refractivity contribution in [1.82, 2.24) is 25.1 Å². The number of aromatic nitrogens is 2. The molecule has 3 saturated carbocycles. The number of benzene rings is 1. The summed E-state index contributed by atoms with van der Waals surface area (Å²) in [5.41, 5.74) is 0.160. The molecule has 4 aliphatic rings. The van der Waals surface area contributed by atoms with Crippen LogP contribution >= 0.6 is 0 Å². The number of hydrogen-bond donors (Lipinski definition) is 2. The topological polar surface area (TPSA) is 90.5 Å². The van der Waals surface area contributed by atoms with Crippen LogP contribution in [0.15, 0.2) is 30.5 Å². The number of halogens is 3. The molecule has 1 aliphatic heterocycles. The summed E-state index contributed by atoms with van der Waals surface area (Å²) in [5, 5.41) is 6.24. The molecule has 4 fully saturated rings. The second-order valence-electron chi connectivity index (χ2n) is 14.2. The van der Waals surface area contributed by atoms with Crippen molar-refractivity contribution < 1.29 is 22.8 Å². The van der Waals surface area contributed by atoms with E-state index in [1.54, 1.807) is 29.2 Å². The van der Waals surface area contributed by atoms with Crippen molar-refractivity contribution in [2.24, 2.45) is 23.7 Å². The van der Waals surface area contributed by atoms with Crippen molar-refractivity contribution in [2.75, 3.05) is 32.5 Å². The summed E-state index contributed by atoms with van der Waals surface area (Å²) >= 11 is 0. The summed E-state index contributed by atoms with van der Waals surface area (Å²) in [5.74, 6) is 0.958. The number of anilines is 2. The standard InChI is InChI=1S/C35H47F3N6O2/c1-43-16-14-28(15-17-43)44(2)33(46)23-10-12-26(13-11-23)41-34-39-21-30(35(36,37)38)31(42-34)20-24-8-5-9-29(24)32(45)40-27-18-25(19-27)22-6-3-4-7-22/h10-13,21-22,24-25,27-29H,3-9,14-20H2,1-2H3,(H,40,45)(H,39,41,42)/t24-,25?,27?,29-/m0/s1. The fraction of sp³-hybridized carbons (Fsp3) is 0.657. The number of nitrogens with one attached hydrogen (secondary N) is 2. The van der Waals surface area contributed by atoms with E-state index in [-0.39, 0.29) is 53.8 Å². The second kappa shape index (κ2) is 13.9. The number of likely N-dealkylation sites (tertiary alicyclic amines) is 1. The van der Waals surface area contributed by atoms with Crippen LogP contribution in [0.5, 0.6) is 0 Å². The first-order chi connectivity index (χ1) is 22.0. The Kier molecular flexibility index (Phi) is 9.87. The SMILES string of the molecule is CN1CCC(N(C)C(=O)c2ccc(Nc3ncc(C(F)(F)F)c(C[C@@H]4CCC[C@@H]4C(=O)NC4CC(C5CCCC5)C4)n3)cc2)CC1. The van der Waals surface area contributed by atoms with E-state index in [2.05, 4.69) is 32.5 Å². The van der Waals surface area contributed by atoms with Crippen LogP contribution in [-0.2, 0) is 17.4 Å². The Bertz CT molecular complexity index is 1370. The zero-order valence-corrected chi connectivity index (χ0v) is 27.0. The van der Waals surface area contributed by atoms with E-state index >= 15 is 0 Å². The van der Waals surface area contributed by atoms with Crippen molar-refractivity contribution >= 4 is 23.5 Å². The van der Waals surface area contributed by atoms with Gasteiger partial charge >= 0.3 is 6.18 Å². The Labute approximate surface area is 269 Å². The Morgan fingerprint density at radius 2 is 1.65 bits per heavy atom. The minimum Gasteiger partial charge on any atom is -0.353 e. The molecule has 1 aromatic carbocycles. The molecule has 0 spiro atoms. The number of alkyl halides is 3. The third kappa shape index (κ3) is 7.50. The minimum absolute atomic E-state index is 0.0190. The molecule has 1 aromatic heterocycles. The summed E-state index contributed by atoms with van der Waals surface area (Å²) < 4.78 is 42.1. The third-order valence-electron chi connectivity index (χ3n) is 11.2. The summed E-state index contributed by atoms with van der Waals surface area (Å²) in [7, 11) is 3.92. The lowest BCUT2D eigenvalue weighted by Crippen LogP contribution is -2.48. The van der Waals surface area contributed by atoms with Gasteiger partial charge in [0.1, 0.15) is 0 Å². The van der Waals surface area contributed by atoms with Gasteiger partial charge in [0.15, 0.2) is 0 Å². The molecule has 11 heteroatoms. The number of rotatable bonds is 9. The molecule has 6 rings (SSSR count). The molecule has 8 nitrogen and oxygen atoms in total. The molecular formula is C35H47F3N6O2. The van der Waals surface area contributed by atoms with E-state index in [0.29, 0.717) is 30.0 Å². The predicted molar refractivity (Wildman–Crippen MR) is 171 cm³/mol. The van der Waals surface area contributed by atoms with Crippen LogP contribution in [0.1, 0.15) is 92.2 Å². The summed E-state index contributed by atoms with van der Waals surface area (Å²) in [6.45, 7) is 1.91. The van der Waals surface area contributed by atoms with Gasteiger partial charge in [0, 0.05) is 42.5 Å². The molecule has 2 atom stereocenters.